The summed E-state index contributed by atoms with van der Waals surface area (Å²) in [5, 5.41) is 0.589. The summed E-state index contributed by atoms with van der Waals surface area (Å²) in [4.78, 5) is 0. The Hall–Kier alpha value is -1.04. The van der Waals surface area contributed by atoms with Crippen molar-refractivity contribution in [2.45, 2.75) is 39.7 Å². The number of hydrogen-bond donors (Lipinski definition) is 1. The van der Waals surface area contributed by atoms with E-state index in [0.717, 1.165) is 29.5 Å². The first-order chi connectivity index (χ1) is 9.89. The zero-order valence-electron chi connectivity index (χ0n) is 12.6. The van der Waals surface area contributed by atoms with Crippen molar-refractivity contribution in [1.29, 1.82) is 0 Å². The van der Waals surface area contributed by atoms with E-state index in [1.54, 1.807) is 6.20 Å². The van der Waals surface area contributed by atoms with E-state index in [9.17, 15) is 8.42 Å². The quantitative estimate of drug-likeness (QED) is 0.919. The number of rotatable bonds is 4. The lowest BCUT2D eigenvalue weighted by Gasteiger charge is -2.33. The van der Waals surface area contributed by atoms with Crippen molar-refractivity contribution in [2.24, 2.45) is 0 Å². The third kappa shape index (κ3) is 3.42. The molecule has 1 unspecified atom stereocenters. The van der Waals surface area contributed by atoms with Gasteiger partial charge in [-0.25, -0.2) is 0 Å². The smallest absolute Gasteiger partial charge is 0.265 e. The van der Waals surface area contributed by atoms with E-state index in [2.05, 4.69) is 4.72 Å². The second-order valence-corrected chi connectivity index (χ2v) is 7.31. The maximum Gasteiger partial charge on any atom is 0.301 e. The van der Waals surface area contributed by atoms with E-state index in [1.807, 2.05) is 39.0 Å². The molecule has 116 valence electrons. The van der Waals surface area contributed by atoms with Gasteiger partial charge in [0, 0.05) is 17.8 Å². The maximum absolute atomic E-state index is 12.3. The summed E-state index contributed by atoms with van der Waals surface area (Å²) >= 11 is 6.30. The molecule has 0 bridgehead atoms. The molecule has 1 aromatic rings. The van der Waals surface area contributed by atoms with Crippen LogP contribution in [0.4, 0.5) is 0 Å². The van der Waals surface area contributed by atoms with Crippen LogP contribution in [0, 0.1) is 6.92 Å². The van der Waals surface area contributed by atoms with Crippen molar-refractivity contribution in [2.75, 3.05) is 6.54 Å². The Labute approximate surface area is 132 Å². The van der Waals surface area contributed by atoms with Gasteiger partial charge in [-0.3, -0.25) is 4.31 Å². The Kier molecular flexibility index (Phi) is 4.96. The van der Waals surface area contributed by atoms with Crippen LogP contribution in [0.15, 0.2) is 30.0 Å². The molecule has 21 heavy (non-hydrogen) atoms. The molecule has 0 aliphatic carbocycles. The molecule has 4 nitrogen and oxygen atoms in total. The molecular weight excluding hydrogens is 308 g/mol. The summed E-state index contributed by atoms with van der Waals surface area (Å²) in [6, 6.07) is 5.31. The SMILES string of the molecule is CCCN1C=C(CC)C(c2ccc(C)cc2Cl)NS1(=O)=O. The molecule has 1 N–H and O–H groups in total. The molecule has 0 radical (unpaired) electrons. The molecule has 6 heteroatoms. The number of benzene rings is 1. The molecular formula is C15H21ClN2O2S. The van der Waals surface area contributed by atoms with Gasteiger partial charge >= 0.3 is 10.2 Å². The zero-order chi connectivity index (χ0) is 15.6. The number of nitrogens with zero attached hydrogens (tertiary/aromatic N) is 1. The van der Waals surface area contributed by atoms with Gasteiger partial charge in [-0.1, -0.05) is 37.6 Å². The van der Waals surface area contributed by atoms with Crippen LogP contribution in [0.25, 0.3) is 0 Å². The Morgan fingerprint density at radius 2 is 2.05 bits per heavy atom. The van der Waals surface area contributed by atoms with Crippen LogP contribution in [0.3, 0.4) is 0 Å². The lowest BCUT2D eigenvalue weighted by molar-refractivity contribution is 0.453. The second kappa shape index (κ2) is 6.38. The molecule has 1 aliphatic heterocycles. The van der Waals surface area contributed by atoms with Gasteiger partial charge in [0.15, 0.2) is 0 Å². The predicted molar refractivity (Wildman–Crippen MR) is 86.4 cm³/mol. The zero-order valence-corrected chi connectivity index (χ0v) is 14.1. The second-order valence-electron chi connectivity index (χ2n) is 5.25. The third-order valence-corrected chi connectivity index (χ3v) is 5.34. The molecule has 0 aromatic heterocycles. The normalized spacial score (nSPS) is 21.2. The lowest BCUT2D eigenvalue weighted by atomic mass is 9.97. The molecule has 0 amide bonds. The van der Waals surface area contributed by atoms with E-state index >= 15 is 0 Å². The van der Waals surface area contributed by atoms with Gasteiger partial charge in [0.25, 0.3) is 0 Å². The Morgan fingerprint density at radius 1 is 1.33 bits per heavy atom. The average Bonchev–Trinajstić information content (AvgIpc) is 2.41. The Morgan fingerprint density at radius 3 is 2.62 bits per heavy atom. The molecule has 1 atom stereocenters. The first kappa shape index (κ1) is 16.3. The van der Waals surface area contributed by atoms with Gasteiger partial charge in [0.05, 0.1) is 6.04 Å². The number of nitrogens with one attached hydrogen (secondary N) is 1. The fourth-order valence-electron chi connectivity index (χ4n) is 2.45. The van der Waals surface area contributed by atoms with Crippen LogP contribution >= 0.6 is 11.6 Å². The third-order valence-electron chi connectivity index (χ3n) is 3.58. The average molecular weight is 329 g/mol. The highest BCUT2D eigenvalue weighted by Crippen LogP contribution is 2.34. The summed E-state index contributed by atoms with van der Waals surface area (Å²) in [5.74, 6) is 0. The highest BCUT2D eigenvalue weighted by atomic mass is 35.5. The van der Waals surface area contributed by atoms with Crippen molar-refractivity contribution in [1.82, 2.24) is 9.03 Å². The summed E-state index contributed by atoms with van der Waals surface area (Å²) in [6.07, 6.45) is 3.28. The van der Waals surface area contributed by atoms with Crippen molar-refractivity contribution in [3.63, 3.8) is 0 Å². The van der Waals surface area contributed by atoms with E-state index < -0.39 is 10.2 Å². The Bertz CT molecular complexity index is 656. The minimum atomic E-state index is -3.50. The molecule has 0 saturated carbocycles. The molecule has 0 spiro atoms. The summed E-state index contributed by atoms with van der Waals surface area (Å²) in [6.45, 7) is 6.41. The summed E-state index contributed by atoms with van der Waals surface area (Å²) < 4.78 is 28.8. The van der Waals surface area contributed by atoms with Crippen LogP contribution in [0.1, 0.15) is 43.9 Å². The minimum absolute atomic E-state index is 0.388. The monoisotopic (exact) mass is 328 g/mol. The fraction of sp³-hybridized carbons (Fsp3) is 0.467. The highest BCUT2D eigenvalue weighted by Gasteiger charge is 2.32. The van der Waals surface area contributed by atoms with Gasteiger partial charge in [-0.2, -0.15) is 13.1 Å². The van der Waals surface area contributed by atoms with E-state index in [1.165, 1.54) is 4.31 Å². The highest BCUT2D eigenvalue weighted by molar-refractivity contribution is 7.87. The predicted octanol–water partition coefficient (Wildman–Crippen LogP) is 3.54. The van der Waals surface area contributed by atoms with Crippen molar-refractivity contribution >= 4 is 21.8 Å². The largest absolute Gasteiger partial charge is 0.301 e. The molecule has 1 aliphatic rings. The maximum atomic E-state index is 12.3. The number of halogens is 1. The van der Waals surface area contributed by atoms with Gasteiger partial charge in [-0.05, 0) is 42.5 Å². The van der Waals surface area contributed by atoms with Gasteiger partial charge in [-0.15, -0.1) is 0 Å². The van der Waals surface area contributed by atoms with E-state index in [4.69, 9.17) is 11.6 Å². The first-order valence-electron chi connectivity index (χ1n) is 7.14. The number of hydrogen-bond acceptors (Lipinski definition) is 2. The van der Waals surface area contributed by atoms with Crippen molar-refractivity contribution in [3.8, 4) is 0 Å². The Balaban J connectivity index is 2.46. The van der Waals surface area contributed by atoms with E-state index in [-0.39, 0.29) is 6.04 Å². The van der Waals surface area contributed by atoms with Crippen LogP contribution in [0.2, 0.25) is 5.02 Å². The van der Waals surface area contributed by atoms with E-state index in [0.29, 0.717) is 11.6 Å². The topological polar surface area (TPSA) is 49.4 Å². The first-order valence-corrected chi connectivity index (χ1v) is 8.96. The van der Waals surface area contributed by atoms with Crippen LogP contribution < -0.4 is 4.72 Å². The molecule has 0 saturated heterocycles. The lowest BCUT2D eigenvalue weighted by Crippen LogP contribution is -2.44. The molecule has 0 fully saturated rings. The van der Waals surface area contributed by atoms with Crippen LogP contribution in [0.5, 0.6) is 0 Å². The van der Waals surface area contributed by atoms with Gasteiger partial charge in [0.2, 0.25) is 0 Å². The van der Waals surface area contributed by atoms with Gasteiger partial charge in [0.1, 0.15) is 0 Å². The van der Waals surface area contributed by atoms with Crippen molar-refractivity contribution in [3.05, 3.63) is 46.1 Å². The van der Waals surface area contributed by atoms with Gasteiger partial charge < -0.3 is 0 Å². The van der Waals surface area contributed by atoms with Crippen LogP contribution in [-0.4, -0.2) is 19.3 Å². The molecule has 2 rings (SSSR count). The van der Waals surface area contributed by atoms with Crippen molar-refractivity contribution < 1.29 is 8.42 Å². The number of aryl methyl sites for hydroxylation is 1. The minimum Gasteiger partial charge on any atom is -0.265 e. The van der Waals surface area contributed by atoms with Crippen LogP contribution in [-0.2, 0) is 10.2 Å². The molecule has 1 heterocycles. The standard InChI is InChI=1S/C15H21ClN2O2S/c1-4-8-18-10-12(5-2)15(17-21(18,19)20)13-7-6-11(3)9-14(13)16/h6-7,9-10,15,17H,4-5,8H2,1-3H3. The summed E-state index contributed by atoms with van der Waals surface area (Å²) in [5.41, 5.74) is 2.87. The fourth-order valence-corrected chi connectivity index (χ4v) is 4.20. The summed E-state index contributed by atoms with van der Waals surface area (Å²) in [7, 11) is -3.50. The molecule has 1 aromatic carbocycles.